The number of ether oxygens (including phenoxy) is 1. The Morgan fingerprint density at radius 2 is 1.62 bits per heavy atom. The van der Waals surface area contributed by atoms with Gasteiger partial charge in [0.15, 0.2) is 0 Å². The molecule has 0 fully saturated rings. The lowest BCUT2D eigenvalue weighted by Gasteiger charge is -2.21. The summed E-state index contributed by atoms with van der Waals surface area (Å²) in [4.78, 5) is 46.9. The van der Waals surface area contributed by atoms with Crippen molar-refractivity contribution in [3.63, 3.8) is 0 Å². The number of nitrogens with zero attached hydrogens (tertiary/aromatic N) is 4. The van der Waals surface area contributed by atoms with Gasteiger partial charge in [-0.25, -0.2) is 4.98 Å². The third-order valence-electron chi connectivity index (χ3n) is 6.57. The van der Waals surface area contributed by atoms with Crippen molar-refractivity contribution in [3.05, 3.63) is 94.8 Å². The Labute approximate surface area is 215 Å². The number of para-hydroxylation sites is 2. The number of rotatable bonds is 8. The SMILES string of the molecule is CCOc1ccc(CN2C(=O)c3ccccc3C2=O)cc1C(=O)N(C)Cc1nc2ccccc2n1CC. The van der Waals surface area contributed by atoms with Gasteiger partial charge >= 0.3 is 0 Å². The number of imide groups is 1. The number of fused-ring (bicyclic) bond motifs is 2. The second-order valence-corrected chi connectivity index (χ2v) is 8.93. The van der Waals surface area contributed by atoms with E-state index in [1.807, 2.05) is 31.2 Å². The number of hydrogen-bond donors (Lipinski definition) is 0. The number of aromatic nitrogens is 2. The maximum Gasteiger partial charge on any atom is 0.261 e. The molecule has 1 aliphatic rings. The van der Waals surface area contributed by atoms with Gasteiger partial charge in [-0.1, -0.05) is 30.3 Å². The van der Waals surface area contributed by atoms with Crippen LogP contribution in [0, 0.1) is 0 Å². The minimum atomic E-state index is -0.335. The molecule has 8 nitrogen and oxygen atoms in total. The van der Waals surface area contributed by atoms with E-state index in [0.717, 1.165) is 23.4 Å². The van der Waals surface area contributed by atoms with Gasteiger partial charge in [-0.2, -0.15) is 0 Å². The van der Waals surface area contributed by atoms with Crippen LogP contribution in [-0.4, -0.2) is 50.7 Å². The third-order valence-corrected chi connectivity index (χ3v) is 6.57. The molecule has 0 bridgehead atoms. The molecule has 4 aromatic rings. The van der Waals surface area contributed by atoms with Crippen LogP contribution in [0.1, 0.15) is 56.3 Å². The van der Waals surface area contributed by atoms with E-state index in [2.05, 4.69) is 11.5 Å². The molecule has 0 spiro atoms. The van der Waals surface area contributed by atoms with Gasteiger partial charge in [0.1, 0.15) is 11.6 Å². The summed E-state index contributed by atoms with van der Waals surface area (Å²) in [6, 6.07) is 19.9. The molecule has 2 heterocycles. The number of amides is 3. The molecule has 5 rings (SSSR count). The molecule has 0 aliphatic carbocycles. The molecule has 0 unspecified atom stereocenters. The molecule has 3 amide bonds. The maximum absolute atomic E-state index is 13.6. The molecule has 0 saturated heterocycles. The summed E-state index contributed by atoms with van der Waals surface area (Å²) >= 11 is 0. The summed E-state index contributed by atoms with van der Waals surface area (Å²) in [7, 11) is 1.73. The summed E-state index contributed by atoms with van der Waals surface area (Å²) in [6.07, 6.45) is 0. The molecule has 0 saturated carbocycles. The van der Waals surface area contributed by atoms with E-state index in [-0.39, 0.29) is 24.3 Å². The zero-order valence-corrected chi connectivity index (χ0v) is 21.1. The number of benzene rings is 3. The standard InChI is InChI=1S/C29H28N4O4/c1-4-32-24-13-9-8-12-23(24)30-26(32)18-31(3)27(34)22-16-19(14-15-25(22)37-5-2)17-33-28(35)20-10-6-7-11-21(20)29(33)36/h6-16H,4-5,17-18H2,1-3H3. The molecule has 0 N–H and O–H groups in total. The van der Waals surface area contributed by atoms with Crippen LogP contribution < -0.4 is 4.74 Å². The molecule has 37 heavy (non-hydrogen) atoms. The van der Waals surface area contributed by atoms with Crippen molar-refractivity contribution in [2.75, 3.05) is 13.7 Å². The Morgan fingerprint density at radius 1 is 0.946 bits per heavy atom. The fourth-order valence-corrected chi connectivity index (χ4v) is 4.78. The third kappa shape index (κ3) is 4.35. The quantitative estimate of drug-likeness (QED) is 0.335. The number of hydrogen-bond acceptors (Lipinski definition) is 5. The second-order valence-electron chi connectivity index (χ2n) is 8.93. The first-order valence-electron chi connectivity index (χ1n) is 12.3. The molecule has 8 heteroatoms. The molecule has 1 aromatic heterocycles. The van der Waals surface area contributed by atoms with Crippen LogP contribution in [0.15, 0.2) is 66.7 Å². The van der Waals surface area contributed by atoms with E-state index < -0.39 is 0 Å². The van der Waals surface area contributed by atoms with Gasteiger partial charge in [-0.05, 0) is 55.8 Å². The van der Waals surface area contributed by atoms with E-state index in [4.69, 9.17) is 9.72 Å². The van der Waals surface area contributed by atoms with Crippen molar-refractivity contribution < 1.29 is 19.1 Å². The summed E-state index contributed by atoms with van der Waals surface area (Å²) in [6.45, 7) is 5.42. The Bertz CT molecular complexity index is 1490. The van der Waals surface area contributed by atoms with Gasteiger partial charge in [0.25, 0.3) is 17.7 Å². The van der Waals surface area contributed by atoms with Crippen LogP contribution in [0.25, 0.3) is 11.0 Å². The van der Waals surface area contributed by atoms with Crippen molar-refractivity contribution in [3.8, 4) is 5.75 Å². The smallest absolute Gasteiger partial charge is 0.261 e. The Morgan fingerprint density at radius 3 is 2.30 bits per heavy atom. The highest BCUT2D eigenvalue weighted by Crippen LogP contribution is 2.27. The van der Waals surface area contributed by atoms with Crippen LogP contribution in [0.2, 0.25) is 0 Å². The first kappa shape index (κ1) is 24.2. The van der Waals surface area contributed by atoms with E-state index in [9.17, 15) is 14.4 Å². The van der Waals surface area contributed by atoms with E-state index in [1.165, 1.54) is 4.90 Å². The Kier molecular flexibility index (Phi) is 6.48. The summed E-state index contributed by atoms with van der Waals surface area (Å²) < 4.78 is 7.85. The summed E-state index contributed by atoms with van der Waals surface area (Å²) in [5.41, 5.74) is 3.74. The highest BCUT2D eigenvalue weighted by atomic mass is 16.5. The van der Waals surface area contributed by atoms with Crippen LogP contribution in [0.3, 0.4) is 0 Å². The van der Waals surface area contributed by atoms with Crippen LogP contribution in [-0.2, 0) is 19.6 Å². The first-order chi connectivity index (χ1) is 17.9. The minimum Gasteiger partial charge on any atom is -0.493 e. The molecular formula is C29H28N4O4. The number of carbonyl (C=O) groups excluding carboxylic acids is 3. The van der Waals surface area contributed by atoms with Crippen molar-refractivity contribution in [2.45, 2.75) is 33.5 Å². The lowest BCUT2D eigenvalue weighted by Crippen LogP contribution is -2.30. The predicted octanol–water partition coefficient (Wildman–Crippen LogP) is 4.52. The molecule has 1 aliphatic heterocycles. The maximum atomic E-state index is 13.6. The number of carbonyl (C=O) groups is 3. The zero-order valence-electron chi connectivity index (χ0n) is 21.1. The van der Waals surface area contributed by atoms with Gasteiger partial charge in [-0.15, -0.1) is 0 Å². The average Bonchev–Trinajstić information content (AvgIpc) is 3.38. The fraction of sp³-hybridized carbons (Fsp3) is 0.241. The van der Waals surface area contributed by atoms with Gasteiger partial charge in [0.05, 0.1) is 47.4 Å². The first-order valence-corrected chi connectivity index (χ1v) is 12.3. The molecule has 3 aromatic carbocycles. The Balaban J connectivity index is 1.41. The largest absolute Gasteiger partial charge is 0.493 e. The van der Waals surface area contributed by atoms with E-state index >= 15 is 0 Å². The van der Waals surface area contributed by atoms with Gasteiger partial charge in [0, 0.05) is 13.6 Å². The summed E-state index contributed by atoms with van der Waals surface area (Å²) in [5.74, 6) is 0.340. The zero-order chi connectivity index (χ0) is 26.1. The van der Waals surface area contributed by atoms with Gasteiger partial charge < -0.3 is 14.2 Å². The molecular weight excluding hydrogens is 468 g/mol. The fourth-order valence-electron chi connectivity index (χ4n) is 4.78. The average molecular weight is 497 g/mol. The monoisotopic (exact) mass is 496 g/mol. The Hall–Kier alpha value is -4.46. The van der Waals surface area contributed by atoms with E-state index in [1.54, 1.807) is 54.4 Å². The van der Waals surface area contributed by atoms with Crippen molar-refractivity contribution >= 4 is 28.8 Å². The lowest BCUT2D eigenvalue weighted by molar-refractivity contribution is 0.0642. The topological polar surface area (TPSA) is 84.7 Å². The van der Waals surface area contributed by atoms with Gasteiger partial charge in [0.2, 0.25) is 0 Å². The molecule has 0 atom stereocenters. The van der Waals surface area contributed by atoms with Gasteiger partial charge in [-0.3, -0.25) is 19.3 Å². The van der Waals surface area contributed by atoms with Crippen molar-refractivity contribution in [2.24, 2.45) is 0 Å². The van der Waals surface area contributed by atoms with Crippen LogP contribution >= 0.6 is 0 Å². The van der Waals surface area contributed by atoms with E-state index in [0.29, 0.717) is 41.2 Å². The minimum absolute atomic E-state index is 0.0639. The van der Waals surface area contributed by atoms with Crippen molar-refractivity contribution in [1.82, 2.24) is 19.4 Å². The molecule has 0 radical (unpaired) electrons. The summed E-state index contributed by atoms with van der Waals surface area (Å²) in [5, 5.41) is 0. The van der Waals surface area contributed by atoms with Crippen LogP contribution in [0.4, 0.5) is 0 Å². The van der Waals surface area contributed by atoms with Crippen molar-refractivity contribution in [1.29, 1.82) is 0 Å². The number of aryl methyl sites for hydroxylation is 1. The van der Waals surface area contributed by atoms with Crippen LogP contribution in [0.5, 0.6) is 5.75 Å². The highest BCUT2D eigenvalue weighted by molar-refractivity contribution is 6.21. The highest BCUT2D eigenvalue weighted by Gasteiger charge is 2.35. The normalized spacial score (nSPS) is 12.8. The second kappa shape index (κ2) is 9.89. The number of imidazole rings is 1. The lowest BCUT2D eigenvalue weighted by atomic mass is 10.1. The predicted molar refractivity (Wildman–Crippen MR) is 139 cm³/mol. The molecule has 188 valence electrons.